The third-order valence-electron chi connectivity index (χ3n) is 3.09. The van der Waals surface area contributed by atoms with Crippen molar-refractivity contribution in [1.29, 1.82) is 0 Å². The van der Waals surface area contributed by atoms with Gasteiger partial charge in [0.05, 0.1) is 7.11 Å². The third kappa shape index (κ3) is 3.07. The standard InChI is InChI=1S/C13H16BrNO2/c1-17-13(16)12(14)9-15-7-6-10-4-2-3-5-11(10)8-15/h2-5,12H,6-9H2,1H3. The maximum absolute atomic E-state index is 11.3. The minimum atomic E-state index is -0.238. The number of hydrogen-bond donors (Lipinski definition) is 0. The molecule has 1 aliphatic rings. The molecule has 4 heteroatoms. The second-order valence-corrected chi connectivity index (χ2v) is 5.35. The van der Waals surface area contributed by atoms with Crippen molar-refractivity contribution in [3.63, 3.8) is 0 Å². The minimum absolute atomic E-state index is 0.205. The van der Waals surface area contributed by atoms with Crippen molar-refractivity contribution >= 4 is 21.9 Å². The van der Waals surface area contributed by atoms with E-state index in [2.05, 4.69) is 45.1 Å². The van der Waals surface area contributed by atoms with Crippen molar-refractivity contribution in [1.82, 2.24) is 4.90 Å². The highest BCUT2D eigenvalue weighted by Crippen LogP contribution is 2.19. The fourth-order valence-corrected chi connectivity index (χ4v) is 2.74. The van der Waals surface area contributed by atoms with E-state index in [-0.39, 0.29) is 10.8 Å². The van der Waals surface area contributed by atoms with Crippen LogP contribution < -0.4 is 0 Å². The number of fused-ring (bicyclic) bond motifs is 1. The molecule has 0 saturated heterocycles. The predicted octanol–water partition coefficient (Wildman–Crippen LogP) is 1.98. The summed E-state index contributed by atoms with van der Waals surface area (Å²) in [6, 6.07) is 8.48. The van der Waals surface area contributed by atoms with Crippen LogP contribution in [0.2, 0.25) is 0 Å². The maximum Gasteiger partial charge on any atom is 0.320 e. The van der Waals surface area contributed by atoms with Gasteiger partial charge in [-0.25, -0.2) is 0 Å². The molecular weight excluding hydrogens is 282 g/mol. The van der Waals surface area contributed by atoms with Gasteiger partial charge in [0.1, 0.15) is 4.83 Å². The molecule has 0 fully saturated rings. The number of ether oxygens (including phenoxy) is 1. The Hall–Kier alpha value is -0.870. The molecule has 1 aromatic carbocycles. The molecule has 0 amide bonds. The van der Waals surface area contributed by atoms with Crippen LogP contribution in [0.3, 0.4) is 0 Å². The lowest BCUT2D eigenvalue weighted by atomic mass is 10.00. The zero-order valence-electron chi connectivity index (χ0n) is 9.86. The highest BCUT2D eigenvalue weighted by molar-refractivity contribution is 9.10. The van der Waals surface area contributed by atoms with Crippen LogP contribution in [0.1, 0.15) is 11.1 Å². The van der Waals surface area contributed by atoms with E-state index >= 15 is 0 Å². The van der Waals surface area contributed by atoms with E-state index in [1.54, 1.807) is 0 Å². The van der Waals surface area contributed by atoms with Crippen LogP contribution in [-0.2, 0) is 22.5 Å². The molecule has 0 aliphatic carbocycles. The fraction of sp³-hybridized carbons (Fsp3) is 0.462. The van der Waals surface area contributed by atoms with Gasteiger partial charge < -0.3 is 4.74 Å². The maximum atomic E-state index is 11.3. The summed E-state index contributed by atoms with van der Waals surface area (Å²) in [6.45, 7) is 2.60. The summed E-state index contributed by atoms with van der Waals surface area (Å²) >= 11 is 3.36. The Bertz CT molecular complexity index is 408. The molecule has 2 rings (SSSR count). The van der Waals surface area contributed by atoms with Crippen molar-refractivity contribution < 1.29 is 9.53 Å². The van der Waals surface area contributed by atoms with E-state index in [1.807, 2.05) is 0 Å². The van der Waals surface area contributed by atoms with Crippen LogP contribution in [0.5, 0.6) is 0 Å². The highest BCUT2D eigenvalue weighted by Gasteiger charge is 2.22. The van der Waals surface area contributed by atoms with Gasteiger partial charge in [-0.15, -0.1) is 0 Å². The Balaban J connectivity index is 1.96. The van der Waals surface area contributed by atoms with Crippen LogP contribution in [-0.4, -0.2) is 35.9 Å². The summed E-state index contributed by atoms with van der Waals surface area (Å²) in [4.78, 5) is 13.4. The van der Waals surface area contributed by atoms with Gasteiger partial charge in [0.2, 0.25) is 0 Å². The Kier molecular flexibility index (Phi) is 4.18. The fourth-order valence-electron chi connectivity index (χ4n) is 2.14. The first-order chi connectivity index (χ1) is 8.20. The number of nitrogens with zero attached hydrogens (tertiary/aromatic N) is 1. The molecule has 0 radical (unpaired) electrons. The molecule has 1 aromatic rings. The van der Waals surface area contributed by atoms with Gasteiger partial charge in [-0.2, -0.15) is 0 Å². The van der Waals surface area contributed by atoms with E-state index in [4.69, 9.17) is 4.74 Å². The Morgan fingerprint density at radius 2 is 2.18 bits per heavy atom. The number of esters is 1. The summed E-state index contributed by atoms with van der Waals surface area (Å²) in [7, 11) is 1.42. The molecule has 1 unspecified atom stereocenters. The molecule has 1 aliphatic heterocycles. The molecular formula is C13H16BrNO2. The third-order valence-corrected chi connectivity index (χ3v) is 3.75. The van der Waals surface area contributed by atoms with Gasteiger partial charge in [-0.3, -0.25) is 9.69 Å². The van der Waals surface area contributed by atoms with Crippen LogP contribution in [0.15, 0.2) is 24.3 Å². The van der Waals surface area contributed by atoms with Crippen LogP contribution in [0.4, 0.5) is 0 Å². The number of carbonyl (C=O) groups is 1. The predicted molar refractivity (Wildman–Crippen MR) is 70.2 cm³/mol. The normalized spacial score (nSPS) is 17.3. The second-order valence-electron chi connectivity index (χ2n) is 4.24. The van der Waals surface area contributed by atoms with Gasteiger partial charge >= 0.3 is 5.97 Å². The smallest absolute Gasteiger partial charge is 0.320 e. The zero-order valence-corrected chi connectivity index (χ0v) is 11.4. The first-order valence-electron chi connectivity index (χ1n) is 5.71. The highest BCUT2D eigenvalue weighted by atomic mass is 79.9. The van der Waals surface area contributed by atoms with Gasteiger partial charge in [0.25, 0.3) is 0 Å². The second kappa shape index (κ2) is 5.65. The quantitative estimate of drug-likeness (QED) is 0.631. The molecule has 0 spiro atoms. The van der Waals surface area contributed by atoms with Gasteiger partial charge in [0, 0.05) is 19.6 Å². The van der Waals surface area contributed by atoms with Crippen LogP contribution >= 0.6 is 15.9 Å². The number of methoxy groups -OCH3 is 1. The van der Waals surface area contributed by atoms with Crippen molar-refractivity contribution in [2.75, 3.05) is 20.2 Å². The van der Waals surface area contributed by atoms with Crippen molar-refractivity contribution in [3.05, 3.63) is 35.4 Å². The minimum Gasteiger partial charge on any atom is -0.468 e. The molecule has 1 atom stereocenters. The van der Waals surface area contributed by atoms with E-state index in [0.717, 1.165) is 19.5 Å². The largest absolute Gasteiger partial charge is 0.468 e. The van der Waals surface area contributed by atoms with Crippen molar-refractivity contribution in [3.8, 4) is 0 Å². The van der Waals surface area contributed by atoms with Gasteiger partial charge in [0.15, 0.2) is 0 Å². The summed E-state index contributed by atoms with van der Waals surface area (Å²) in [5.41, 5.74) is 2.79. The number of benzene rings is 1. The average Bonchev–Trinajstić information content (AvgIpc) is 2.37. The Morgan fingerprint density at radius 3 is 2.88 bits per heavy atom. The topological polar surface area (TPSA) is 29.5 Å². The lowest BCUT2D eigenvalue weighted by molar-refractivity contribution is -0.140. The molecule has 1 heterocycles. The monoisotopic (exact) mass is 297 g/mol. The first-order valence-corrected chi connectivity index (χ1v) is 6.63. The lowest BCUT2D eigenvalue weighted by Gasteiger charge is -2.29. The summed E-state index contributed by atoms with van der Waals surface area (Å²) < 4.78 is 4.71. The molecule has 17 heavy (non-hydrogen) atoms. The molecule has 0 saturated carbocycles. The lowest BCUT2D eigenvalue weighted by Crippen LogP contribution is -2.37. The Labute approximate surface area is 110 Å². The van der Waals surface area contributed by atoms with Crippen molar-refractivity contribution in [2.45, 2.75) is 17.8 Å². The van der Waals surface area contributed by atoms with E-state index in [0.29, 0.717) is 6.54 Å². The van der Waals surface area contributed by atoms with Gasteiger partial charge in [-0.05, 0) is 17.5 Å². The number of carbonyl (C=O) groups excluding carboxylic acids is 1. The zero-order chi connectivity index (χ0) is 12.3. The van der Waals surface area contributed by atoms with Crippen LogP contribution in [0, 0.1) is 0 Å². The molecule has 0 bridgehead atoms. The number of hydrogen-bond acceptors (Lipinski definition) is 3. The molecule has 0 N–H and O–H groups in total. The number of rotatable bonds is 3. The van der Waals surface area contributed by atoms with Gasteiger partial charge in [-0.1, -0.05) is 40.2 Å². The van der Waals surface area contributed by atoms with E-state index < -0.39 is 0 Å². The summed E-state index contributed by atoms with van der Waals surface area (Å²) in [5, 5.41) is 0. The van der Waals surface area contributed by atoms with Crippen molar-refractivity contribution in [2.24, 2.45) is 0 Å². The first kappa shape index (κ1) is 12.6. The molecule has 3 nitrogen and oxygen atoms in total. The Morgan fingerprint density at radius 1 is 1.47 bits per heavy atom. The van der Waals surface area contributed by atoms with E-state index in [9.17, 15) is 4.79 Å². The number of alkyl halides is 1. The number of halogens is 1. The average molecular weight is 298 g/mol. The van der Waals surface area contributed by atoms with E-state index in [1.165, 1.54) is 18.2 Å². The summed E-state index contributed by atoms with van der Waals surface area (Å²) in [6.07, 6.45) is 1.05. The summed E-state index contributed by atoms with van der Waals surface area (Å²) in [5.74, 6) is -0.205. The molecule has 92 valence electrons. The molecule has 0 aromatic heterocycles. The van der Waals surface area contributed by atoms with Crippen LogP contribution in [0.25, 0.3) is 0 Å². The SMILES string of the molecule is COC(=O)C(Br)CN1CCc2ccccc2C1.